The summed E-state index contributed by atoms with van der Waals surface area (Å²) < 4.78 is 7.15. The van der Waals surface area contributed by atoms with Gasteiger partial charge in [0.1, 0.15) is 6.07 Å². The Morgan fingerprint density at radius 2 is 2.32 bits per heavy atom. The first-order valence-electron chi connectivity index (χ1n) is 9.54. The molecule has 7 nitrogen and oxygen atoms in total. The third-order valence-electron chi connectivity index (χ3n) is 5.06. The van der Waals surface area contributed by atoms with Crippen molar-refractivity contribution in [1.82, 2.24) is 20.0 Å². The second-order valence-corrected chi connectivity index (χ2v) is 8.38. The van der Waals surface area contributed by atoms with Crippen molar-refractivity contribution < 1.29 is 9.53 Å². The van der Waals surface area contributed by atoms with Gasteiger partial charge in [-0.3, -0.25) is 9.48 Å². The zero-order valence-corrected chi connectivity index (χ0v) is 17.4. The number of ether oxygens (including phenoxy) is 1. The Morgan fingerprint density at radius 1 is 1.50 bits per heavy atom. The van der Waals surface area contributed by atoms with Crippen LogP contribution in [0.5, 0.6) is 0 Å². The molecule has 1 fully saturated rings. The van der Waals surface area contributed by atoms with Gasteiger partial charge in [0, 0.05) is 67.1 Å². The zero-order valence-electron chi connectivity index (χ0n) is 16.6. The number of methoxy groups -OCH3 is 1. The predicted molar refractivity (Wildman–Crippen MR) is 108 cm³/mol. The Bertz CT molecular complexity index is 838. The minimum atomic E-state index is 0.000607. The smallest absolute Gasteiger partial charge is 0.223 e. The monoisotopic (exact) mass is 401 g/mol. The molecule has 0 radical (unpaired) electrons. The number of rotatable bonds is 9. The van der Waals surface area contributed by atoms with Crippen LogP contribution in [0.2, 0.25) is 0 Å². The molecule has 1 saturated heterocycles. The van der Waals surface area contributed by atoms with E-state index in [1.807, 2.05) is 27.2 Å². The summed E-state index contributed by atoms with van der Waals surface area (Å²) in [7, 11) is 1.65. The van der Waals surface area contributed by atoms with Gasteiger partial charge in [-0.2, -0.15) is 10.4 Å². The minimum absolute atomic E-state index is 0.000607. The SMILES string of the molecule is COCCN1C(=O)C[C@@H](CNCc2cc(C#N)cs2)[C@@H]1c1cnn(C(C)C)c1. The van der Waals surface area contributed by atoms with Crippen molar-refractivity contribution in [1.29, 1.82) is 5.26 Å². The zero-order chi connectivity index (χ0) is 20.1. The highest BCUT2D eigenvalue weighted by Gasteiger charge is 2.40. The fraction of sp³-hybridized carbons (Fsp3) is 0.550. The van der Waals surface area contributed by atoms with E-state index < -0.39 is 0 Å². The molecule has 2 atom stereocenters. The number of aromatic nitrogens is 2. The summed E-state index contributed by atoms with van der Waals surface area (Å²) in [5.41, 5.74) is 1.77. The highest BCUT2D eigenvalue weighted by molar-refractivity contribution is 7.10. The third-order valence-corrected chi connectivity index (χ3v) is 5.99. The number of amides is 1. The van der Waals surface area contributed by atoms with Crippen LogP contribution in [0.15, 0.2) is 23.8 Å². The predicted octanol–water partition coefficient (Wildman–Crippen LogP) is 2.72. The van der Waals surface area contributed by atoms with E-state index in [0.29, 0.717) is 31.7 Å². The summed E-state index contributed by atoms with van der Waals surface area (Å²) in [5, 5.41) is 18.8. The van der Waals surface area contributed by atoms with Gasteiger partial charge in [0.2, 0.25) is 5.91 Å². The summed E-state index contributed by atoms with van der Waals surface area (Å²) >= 11 is 1.58. The summed E-state index contributed by atoms with van der Waals surface area (Å²) in [4.78, 5) is 15.7. The molecule has 1 N–H and O–H groups in total. The molecule has 8 heteroatoms. The lowest BCUT2D eigenvalue weighted by atomic mass is 9.95. The third kappa shape index (κ3) is 4.61. The van der Waals surface area contributed by atoms with Crippen molar-refractivity contribution in [3.05, 3.63) is 39.8 Å². The van der Waals surface area contributed by atoms with Crippen LogP contribution in [-0.4, -0.2) is 47.4 Å². The molecule has 3 rings (SSSR count). The van der Waals surface area contributed by atoms with Crippen LogP contribution in [0.25, 0.3) is 0 Å². The van der Waals surface area contributed by atoms with E-state index in [-0.39, 0.29) is 23.9 Å². The van der Waals surface area contributed by atoms with Gasteiger partial charge in [-0.05, 0) is 19.9 Å². The van der Waals surface area contributed by atoms with E-state index in [1.54, 1.807) is 18.4 Å². The maximum Gasteiger partial charge on any atom is 0.223 e. The van der Waals surface area contributed by atoms with Crippen LogP contribution in [-0.2, 0) is 16.1 Å². The number of nitrogens with one attached hydrogen (secondary N) is 1. The lowest BCUT2D eigenvalue weighted by Crippen LogP contribution is -2.33. The number of carbonyl (C=O) groups excluding carboxylic acids is 1. The van der Waals surface area contributed by atoms with E-state index in [4.69, 9.17) is 10.00 Å². The molecule has 2 aromatic rings. The van der Waals surface area contributed by atoms with Crippen LogP contribution in [0.4, 0.5) is 0 Å². The standard InChI is InChI=1S/C20H27N5O2S/c1-14(2)25-12-17(10-23-25)20-16(7-19(26)24(20)4-5-27-3)9-22-11-18-6-15(8-21)13-28-18/h6,10,12-14,16,20,22H,4-5,7,9,11H2,1-3H3/t16-,20+/m0/s1. The van der Waals surface area contributed by atoms with Crippen LogP contribution in [0.1, 0.15) is 48.4 Å². The van der Waals surface area contributed by atoms with E-state index in [2.05, 4.69) is 36.5 Å². The Hall–Kier alpha value is -2.21. The van der Waals surface area contributed by atoms with Gasteiger partial charge in [-0.1, -0.05) is 0 Å². The lowest BCUT2D eigenvalue weighted by molar-refractivity contribution is -0.129. The van der Waals surface area contributed by atoms with E-state index in [9.17, 15) is 4.79 Å². The van der Waals surface area contributed by atoms with Crippen molar-refractivity contribution in [2.45, 2.75) is 38.9 Å². The van der Waals surface area contributed by atoms with Gasteiger partial charge in [0.25, 0.3) is 0 Å². The second kappa shape index (κ2) is 9.32. The number of carbonyl (C=O) groups is 1. The Balaban J connectivity index is 1.71. The van der Waals surface area contributed by atoms with E-state index in [0.717, 1.165) is 17.0 Å². The van der Waals surface area contributed by atoms with Gasteiger partial charge in [0.05, 0.1) is 24.4 Å². The van der Waals surface area contributed by atoms with Crippen molar-refractivity contribution in [2.24, 2.45) is 5.92 Å². The van der Waals surface area contributed by atoms with Crippen molar-refractivity contribution in [3.63, 3.8) is 0 Å². The Labute approximate surface area is 169 Å². The quantitative estimate of drug-likeness (QED) is 0.698. The van der Waals surface area contributed by atoms with Gasteiger partial charge in [-0.25, -0.2) is 0 Å². The lowest BCUT2D eigenvalue weighted by Gasteiger charge is -2.27. The highest BCUT2D eigenvalue weighted by Crippen LogP contribution is 2.37. The first-order valence-corrected chi connectivity index (χ1v) is 10.4. The van der Waals surface area contributed by atoms with Crippen molar-refractivity contribution >= 4 is 17.2 Å². The number of hydrogen-bond acceptors (Lipinski definition) is 6. The summed E-state index contributed by atoms with van der Waals surface area (Å²) in [5.74, 6) is 0.332. The second-order valence-electron chi connectivity index (χ2n) is 7.38. The molecular formula is C20H27N5O2S. The van der Waals surface area contributed by atoms with Gasteiger partial charge in [-0.15, -0.1) is 11.3 Å². The molecule has 150 valence electrons. The fourth-order valence-electron chi connectivity index (χ4n) is 3.65. The molecule has 0 unspecified atom stereocenters. The molecule has 1 aliphatic heterocycles. The van der Waals surface area contributed by atoms with Crippen LogP contribution < -0.4 is 5.32 Å². The molecule has 1 amide bonds. The number of nitrogens with zero attached hydrogens (tertiary/aromatic N) is 4. The molecule has 0 spiro atoms. The van der Waals surface area contributed by atoms with Crippen LogP contribution in [0, 0.1) is 17.2 Å². The maximum atomic E-state index is 12.7. The number of hydrogen-bond donors (Lipinski definition) is 1. The van der Waals surface area contributed by atoms with E-state index in [1.165, 1.54) is 0 Å². The average Bonchev–Trinajstić information content (AvgIpc) is 3.39. The molecular weight excluding hydrogens is 374 g/mol. The van der Waals surface area contributed by atoms with Gasteiger partial charge in [0.15, 0.2) is 0 Å². The molecule has 28 heavy (non-hydrogen) atoms. The number of thiophene rings is 1. The van der Waals surface area contributed by atoms with E-state index >= 15 is 0 Å². The molecule has 1 aliphatic rings. The maximum absolute atomic E-state index is 12.7. The normalized spacial score (nSPS) is 19.5. The van der Waals surface area contributed by atoms with Gasteiger partial charge < -0.3 is 15.0 Å². The number of nitriles is 1. The van der Waals surface area contributed by atoms with Crippen molar-refractivity contribution in [3.8, 4) is 6.07 Å². The van der Waals surface area contributed by atoms with Crippen LogP contribution >= 0.6 is 11.3 Å². The van der Waals surface area contributed by atoms with Gasteiger partial charge >= 0.3 is 0 Å². The fourth-order valence-corrected chi connectivity index (χ4v) is 4.43. The summed E-state index contributed by atoms with van der Waals surface area (Å²) in [6.45, 7) is 6.72. The van der Waals surface area contributed by atoms with Crippen molar-refractivity contribution in [2.75, 3.05) is 26.8 Å². The molecule has 0 bridgehead atoms. The first kappa shape index (κ1) is 20.5. The largest absolute Gasteiger partial charge is 0.383 e. The minimum Gasteiger partial charge on any atom is -0.383 e. The molecule has 3 heterocycles. The van der Waals surface area contributed by atoms with Crippen LogP contribution in [0.3, 0.4) is 0 Å². The topological polar surface area (TPSA) is 83.2 Å². The summed E-state index contributed by atoms with van der Waals surface area (Å²) in [6.07, 6.45) is 4.45. The Kier molecular flexibility index (Phi) is 6.83. The molecule has 0 saturated carbocycles. The Morgan fingerprint density at radius 3 is 2.96 bits per heavy atom. The molecule has 2 aromatic heterocycles. The first-order chi connectivity index (χ1) is 13.5. The molecule has 0 aliphatic carbocycles. The summed E-state index contributed by atoms with van der Waals surface area (Å²) in [6, 6.07) is 4.35. The average molecular weight is 402 g/mol. The molecule has 0 aromatic carbocycles. The number of likely N-dealkylation sites (tertiary alicyclic amines) is 1. The highest BCUT2D eigenvalue weighted by atomic mass is 32.1.